The average Bonchev–Trinajstić information content (AvgIpc) is 2.44. The quantitative estimate of drug-likeness (QED) is 0.710. The summed E-state index contributed by atoms with van der Waals surface area (Å²) in [6.45, 7) is -0.140. The van der Waals surface area contributed by atoms with Gasteiger partial charge in [0.25, 0.3) is 0 Å². The zero-order chi connectivity index (χ0) is 14.5. The van der Waals surface area contributed by atoms with Crippen molar-refractivity contribution in [2.24, 2.45) is 5.73 Å². The predicted octanol–water partition coefficient (Wildman–Crippen LogP) is 0.0703. The van der Waals surface area contributed by atoms with Crippen LogP contribution in [0.1, 0.15) is 29.5 Å². The lowest BCUT2D eigenvalue weighted by Crippen LogP contribution is -2.40. The average molecular weight is 276 g/mol. The number of amides is 2. The molecule has 108 valence electrons. The van der Waals surface area contributed by atoms with Crippen molar-refractivity contribution in [2.75, 3.05) is 6.54 Å². The summed E-state index contributed by atoms with van der Waals surface area (Å²) in [5.74, 6) is -1.06. The molecule has 0 spiro atoms. The molecule has 0 radical (unpaired) electrons. The number of aliphatic hydroxyl groups excluding tert-OH is 1. The number of nitrogens with one attached hydrogen (secondary N) is 1. The van der Waals surface area contributed by atoms with Crippen LogP contribution in [-0.4, -0.2) is 29.6 Å². The molecule has 1 aromatic rings. The second-order valence-corrected chi connectivity index (χ2v) is 5.21. The lowest BCUT2D eigenvalue weighted by atomic mass is 9.90. The van der Waals surface area contributed by atoms with Crippen molar-refractivity contribution in [2.45, 2.75) is 38.2 Å². The molecule has 0 bridgehead atoms. The maximum Gasteiger partial charge on any atom is 0.248 e. The molecule has 5 nitrogen and oxygen atoms in total. The molecule has 2 amide bonds. The summed E-state index contributed by atoms with van der Waals surface area (Å²) < 4.78 is 0. The Balaban J connectivity index is 1.89. The van der Waals surface area contributed by atoms with E-state index in [1.165, 1.54) is 24.0 Å². The highest BCUT2D eigenvalue weighted by Gasteiger charge is 2.14. The molecule has 5 heteroatoms. The van der Waals surface area contributed by atoms with E-state index in [1.54, 1.807) is 0 Å². The van der Waals surface area contributed by atoms with Crippen molar-refractivity contribution in [1.29, 1.82) is 0 Å². The van der Waals surface area contributed by atoms with Crippen molar-refractivity contribution >= 4 is 11.8 Å². The van der Waals surface area contributed by atoms with E-state index >= 15 is 0 Å². The Kier molecular flexibility index (Phi) is 4.74. The molecule has 1 aromatic carbocycles. The van der Waals surface area contributed by atoms with Crippen LogP contribution in [0.5, 0.6) is 0 Å². The predicted molar refractivity (Wildman–Crippen MR) is 75.0 cm³/mol. The smallest absolute Gasteiger partial charge is 0.248 e. The fraction of sp³-hybridized carbons (Fsp3) is 0.467. The van der Waals surface area contributed by atoms with Crippen LogP contribution in [0.15, 0.2) is 18.2 Å². The molecule has 0 fully saturated rings. The van der Waals surface area contributed by atoms with Gasteiger partial charge < -0.3 is 16.2 Å². The van der Waals surface area contributed by atoms with Gasteiger partial charge in [0.05, 0.1) is 13.0 Å². The first kappa shape index (κ1) is 14.5. The molecule has 4 N–H and O–H groups in total. The normalized spacial score (nSPS) is 15.2. The minimum Gasteiger partial charge on any atom is -0.381 e. The van der Waals surface area contributed by atoms with Gasteiger partial charge in [-0.15, -0.1) is 0 Å². The number of hydrogen-bond acceptors (Lipinski definition) is 3. The topological polar surface area (TPSA) is 92.4 Å². The molecule has 1 unspecified atom stereocenters. The van der Waals surface area contributed by atoms with E-state index in [4.69, 9.17) is 5.73 Å². The molecule has 0 aromatic heterocycles. The fourth-order valence-electron chi connectivity index (χ4n) is 2.46. The summed E-state index contributed by atoms with van der Waals surface area (Å²) in [6.07, 6.45) is 3.55. The molecule has 0 saturated heterocycles. The summed E-state index contributed by atoms with van der Waals surface area (Å²) in [5.41, 5.74) is 8.58. The van der Waals surface area contributed by atoms with Gasteiger partial charge in [-0.3, -0.25) is 9.59 Å². The van der Waals surface area contributed by atoms with E-state index in [0.717, 1.165) is 18.4 Å². The molecular weight excluding hydrogens is 256 g/mol. The second kappa shape index (κ2) is 6.52. The first-order chi connectivity index (χ1) is 9.56. The third-order valence-electron chi connectivity index (χ3n) is 3.60. The molecule has 0 heterocycles. The van der Waals surface area contributed by atoms with Crippen LogP contribution in [-0.2, 0) is 28.9 Å². The van der Waals surface area contributed by atoms with Gasteiger partial charge in [0, 0.05) is 0 Å². The Morgan fingerprint density at radius 2 is 1.95 bits per heavy atom. The van der Waals surface area contributed by atoms with E-state index < -0.39 is 12.0 Å². The van der Waals surface area contributed by atoms with Crippen LogP contribution >= 0.6 is 0 Å². The van der Waals surface area contributed by atoms with E-state index in [9.17, 15) is 14.7 Å². The summed E-state index contributed by atoms with van der Waals surface area (Å²) in [6, 6.07) is 6.14. The summed E-state index contributed by atoms with van der Waals surface area (Å²) in [7, 11) is 0. The lowest BCUT2D eigenvalue weighted by molar-refractivity contribution is -0.126. The summed E-state index contributed by atoms with van der Waals surface area (Å²) in [4.78, 5) is 22.4. The molecule has 1 aliphatic carbocycles. The van der Waals surface area contributed by atoms with Crippen molar-refractivity contribution < 1.29 is 14.7 Å². The SMILES string of the molecule is NC(=O)C(O)CNC(=O)Cc1ccc2c(c1)CCCC2. The van der Waals surface area contributed by atoms with Gasteiger partial charge in [-0.1, -0.05) is 18.2 Å². The van der Waals surface area contributed by atoms with Crippen molar-refractivity contribution in [1.82, 2.24) is 5.32 Å². The Morgan fingerprint density at radius 3 is 2.65 bits per heavy atom. The van der Waals surface area contributed by atoms with Gasteiger partial charge in [0.15, 0.2) is 0 Å². The highest BCUT2D eigenvalue weighted by atomic mass is 16.3. The third kappa shape index (κ3) is 3.81. The van der Waals surface area contributed by atoms with Crippen molar-refractivity contribution in [3.8, 4) is 0 Å². The number of carbonyl (C=O) groups excluding carboxylic acids is 2. The van der Waals surface area contributed by atoms with Gasteiger partial charge in [0.1, 0.15) is 6.10 Å². The van der Waals surface area contributed by atoms with E-state index in [2.05, 4.69) is 17.4 Å². The van der Waals surface area contributed by atoms with Crippen molar-refractivity contribution in [3.63, 3.8) is 0 Å². The molecule has 20 heavy (non-hydrogen) atoms. The highest BCUT2D eigenvalue weighted by Crippen LogP contribution is 2.22. The molecule has 0 saturated carbocycles. The number of benzene rings is 1. The highest BCUT2D eigenvalue weighted by molar-refractivity contribution is 5.81. The second-order valence-electron chi connectivity index (χ2n) is 5.21. The zero-order valence-corrected chi connectivity index (χ0v) is 11.4. The molecular formula is C15H20N2O3. The van der Waals surface area contributed by atoms with Gasteiger partial charge >= 0.3 is 0 Å². The molecule has 2 rings (SSSR count). The fourth-order valence-corrected chi connectivity index (χ4v) is 2.46. The van der Waals surface area contributed by atoms with Gasteiger partial charge in [-0.2, -0.15) is 0 Å². The van der Waals surface area contributed by atoms with E-state index in [-0.39, 0.29) is 18.9 Å². The van der Waals surface area contributed by atoms with E-state index in [1.807, 2.05) is 6.07 Å². The first-order valence-electron chi connectivity index (χ1n) is 6.91. The van der Waals surface area contributed by atoms with Crippen LogP contribution in [0.2, 0.25) is 0 Å². The van der Waals surface area contributed by atoms with Crippen molar-refractivity contribution in [3.05, 3.63) is 34.9 Å². The minimum absolute atomic E-state index is 0.140. The van der Waals surface area contributed by atoms with Crippen LogP contribution in [0, 0.1) is 0 Å². The zero-order valence-electron chi connectivity index (χ0n) is 11.4. The number of primary amides is 1. The molecule has 0 aliphatic heterocycles. The Labute approximate surface area is 118 Å². The maximum atomic E-state index is 11.7. The van der Waals surface area contributed by atoms with E-state index in [0.29, 0.717) is 0 Å². The van der Waals surface area contributed by atoms with Gasteiger partial charge in [-0.05, 0) is 42.4 Å². The summed E-state index contributed by atoms with van der Waals surface area (Å²) in [5, 5.41) is 11.7. The van der Waals surface area contributed by atoms with Gasteiger partial charge in [-0.25, -0.2) is 0 Å². The maximum absolute atomic E-state index is 11.7. The number of rotatable bonds is 5. The molecule has 1 aliphatic rings. The number of aryl methyl sites for hydroxylation is 2. The van der Waals surface area contributed by atoms with Gasteiger partial charge in [0.2, 0.25) is 11.8 Å². The van der Waals surface area contributed by atoms with Crippen LogP contribution in [0.4, 0.5) is 0 Å². The third-order valence-corrected chi connectivity index (χ3v) is 3.60. The lowest BCUT2D eigenvalue weighted by Gasteiger charge is -2.16. The van der Waals surface area contributed by atoms with Crippen LogP contribution in [0.25, 0.3) is 0 Å². The first-order valence-corrected chi connectivity index (χ1v) is 6.91. The Morgan fingerprint density at radius 1 is 1.25 bits per heavy atom. The number of aliphatic hydroxyl groups is 1. The number of carbonyl (C=O) groups is 2. The number of hydrogen-bond donors (Lipinski definition) is 3. The minimum atomic E-state index is -1.33. The Bertz CT molecular complexity index is 514. The standard InChI is InChI=1S/C15H20N2O3/c16-15(20)13(18)9-17-14(19)8-10-5-6-11-3-1-2-4-12(11)7-10/h5-7,13,18H,1-4,8-9H2,(H2,16,20)(H,17,19). The number of fused-ring (bicyclic) bond motifs is 1. The largest absolute Gasteiger partial charge is 0.381 e. The monoisotopic (exact) mass is 276 g/mol. The van der Waals surface area contributed by atoms with Crippen LogP contribution in [0.3, 0.4) is 0 Å². The Hall–Kier alpha value is -1.88. The summed E-state index contributed by atoms with van der Waals surface area (Å²) >= 11 is 0. The molecule has 1 atom stereocenters. The number of nitrogens with two attached hydrogens (primary N) is 1. The van der Waals surface area contributed by atoms with Crippen LogP contribution < -0.4 is 11.1 Å².